The first-order valence-corrected chi connectivity index (χ1v) is 35.1. The third-order valence-corrected chi connectivity index (χ3v) is 20.4. The van der Waals surface area contributed by atoms with Crippen LogP contribution in [-0.2, 0) is 65.7 Å². The van der Waals surface area contributed by atoms with Crippen molar-refractivity contribution in [2.45, 2.75) is 138 Å². The quantitative estimate of drug-likeness (QED) is 0.0346. The number of hydrogen-bond donors (Lipinski definition) is 4. The Morgan fingerprint density at radius 3 is 1.48 bits per heavy atom. The van der Waals surface area contributed by atoms with Crippen LogP contribution in [0.1, 0.15) is 86.8 Å². The Labute approximate surface area is 568 Å². The summed E-state index contributed by atoms with van der Waals surface area (Å²) < 4.78 is 55.1. The van der Waals surface area contributed by atoms with Crippen molar-refractivity contribution in [1.82, 2.24) is 49.6 Å². The summed E-state index contributed by atoms with van der Waals surface area (Å²) >= 11 is 2.85. The van der Waals surface area contributed by atoms with Gasteiger partial charge in [0.1, 0.15) is 46.9 Å². The lowest BCUT2D eigenvalue weighted by Crippen LogP contribution is -2.57. The normalized spacial score (nSPS) is 18.9. The van der Waals surface area contributed by atoms with Crippen molar-refractivity contribution in [1.29, 1.82) is 0 Å². The van der Waals surface area contributed by atoms with E-state index >= 15 is 0 Å². The highest BCUT2D eigenvalue weighted by molar-refractivity contribution is 8.02. The van der Waals surface area contributed by atoms with E-state index in [0.717, 1.165) is 4.31 Å². The number of nitrogens with one attached hydrogen (secondary N) is 4. The van der Waals surface area contributed by atoms with Crippen molar-refractivity contribution in [2.24, 2.45) is 0 Å². The van der Waals surface area contributed by atoms with Gasteiger partial charge in [-0.1, -0.05) is 24.3 Å². The fourth-order valence-electron chi connectivity index (χ4n) is 10.7. The lowest BCUT2D eigenvalue weighted by atomic mass is 10.0. The smallest absolute Gasteiger partial charge is 0.409 e. The van der Waals surface area contributed by atoms with Crippen LogP contribution in [0.25, 0.3) is 0 Å². The van der Waals surface area contributed by atoms with Gasteiger partial charge < -0.3 is 69.4 Å². The van der Waals surface area contributed by atoms with E-state index in [1.807, 2.05) is 13.8 Å². The van der Waals surface area contributed by atoms with E-state index in [1.54, 1.807) is 155 Å². The Bertz CT molecular complexity index is 3460. The molecule has 0 radical (unpaired) electrons. The summed E-state index contributed by atoms with van der Waals surface area (Å²) in [4.78, 5) is 128. The molecule has 31 heteroatoms. The van der Waals surface area contributed by atoms with Crippen LogP contribution in [0.2, 0.25) is 0 Å². The largest absolute Gasteiger partial charge is 0.458 e. The Morgan fingerprint density at radius 2 is 1.01 bits per heavy atom. The fourth-order valence-corrected chi connectivity index (χ4v) is 14.9. The highest BCUT2D eigenvalue weighted by Crippen LogP contribution is 2.43. The van der Waals surface area contributed by atoms with Gasteiger partial charge in [-0.05, 0) is 129 Å². The van der Waals surface area contributed by atoms with Gasteiger partial charge >= 0.3 is 36.2 Å². The van der Waals surface area contributed by atoms with Crippen LogP contribution in [0, 0.1) is 0 Å². The molecular weight excluding hydrogens is 1300 g/mol. The number of aromatic nitrogens is 2. The van der Waals surface area contributed by atoms with E-state index in [0.29, 0.717) is 40.5 Å². The minimum Gasteiger partial charge on any atom is -0.458 e. The minimum atomic E-state index is -4.13. The van der Waals surface area contributed by atoms with E-state index in [9.17, 15) is 46.8 Å². The van der Waals surface area contributed by atoms with Crippen LogP contribution < -0.4 is 26.1 Å². The van der Waals surface area contributed by atoms with Crippen molar-refractivity contribution >= 4 is 92.9 Å². The molecule has 2 aromatic carbocycles. The van der Waals surface area contributed by atoms with Gasteiger partial charge in [0.15, 0.2) is 5.75 Å². The summed E-state index contributed by atoms with van der Waals surface area (Å²) in [5.41, 5.74) is 0.614. The maximum Gasteiger partial charge on any atom is 0.409 e. The molecule has 2 aromatic heterocycles. The Morgan fingerprint density at radius 1 is 0.562 bits per heavy atom. The number of anilines is 2. The van der Waals surface area contributed by atoms with Gasteiger partial charge in [-0.25, -0.2) is 37.2 Å². The zero-order valence-electron chi connectivity index (χ0n) is 55.9. The van der Waals surface area contributed by atoms with E-state index in [4.69, 9.17) is 28.5 Å². The van der Waals surface area contributed by atoms with Crippen LogP contribution in [0.5, 0.6) is 5.75 Å². The maximum absolute atomic E-state index is 14.1. The van der Waals surface area contributed by atoms with E-state index in [-0.39, 0.29) is 114 Å². The first-order valence-electron chi connectivity index (χ1n) is 31.7. The minimum absolute atomic E-state index is 0.00395. The highest BCUT2D eigenvalue weighted by Gasteiger charge is 2.52. The molecule has 4 aromatic rings. The predicted molar refractivity (Wildman–Crippen MR) is 359 cm³/mol. The van der Waals surface area contributed by atoms with Gasteiger partial charge in [0.2, 0.25) is 21.8 Å². The Kier molecular flexibility index (Phi) is 24.9. The number of carbonyl (C=O) groups excluding carboxylic acids is 8. The number of ether oxygens (including phenoxy) is 5. The second kappa shape index (κ2) is 32.4. The first kappa shape index (κ1) is 73.8. The number of piperazine rings is 2. The molecule has 4 atom stereocenters. The van der Waals surface area contributed by atoms with Crippen LogP contribution in [-0.4, -0.2) is 231 Å². The summed E-state index contributed by atoms with van der Waals surface area (Å²) in [5, 5.41) is 13.1. The fraction of sp³-hybridized carbons (Fsp3) is 0.538. The van der Waals surface area contributed by atoms with Crippen LogP contribution in [0.3, 0.4) is 0 Å². The van der Waals surface area contributed by atoms with Crippen molar-refractivity contribution < 1.29 is 75.3 Å². The Hall–Kier alpha value is -7.97. The van der Waals surface area contributed by atoms with Gasteiger partial charge in [-0.2, -0.15) is 4.31 Å². The number of hydroxylamine groups is 2. The van der Waals surface area contributed by atoms with Crippen LogP contribution in [0.15, 0.2) is 102 Å². The van der Waals surface area contributed by atoms with Crippen LogP contribution in [0.4, 0.5) is 30.6 Å². The third kappa shape index (κ3) is 20.8. The molecule has 0 spiro atoms. The molecule has 4 saturated heterocycles. The van der Waals surface area contributed by atoms with Gasteiger partial charge in [-0.15, -0.1) is 28.6 Å². The third-order valence-electron chi connectivity index (χ3n) is 15.7. The lowest BCUT2D eigenvalue weighted by Gasteiger charge is -2.34. The Balaban J connectivity index is 0.687. The number of esters is 2. The molecule has 0 unspecified atom stereocenters. The molecule has 522 valence electrons. The molecule has 4 fully saturated rings. The molecule has 4 N–H and O–H groups in total. The van der Waals surface area contributed by atoms with Crippen molar-refractivity contribution in [3.8, 4) is 5.75 Å². The molecular formula is C65H88N12O16S3. The summed E-state index contributed by atoms with van der Waals surface area (Å²) in [6.07, 6.45) is 5.31. The summed E-state index contributed by atoms with van der Waals surface area (Å²) in [6, 6.07) is 15.2. The molecule has 96 heavy (non-hydrogen) atoms. The predicted octanol–water partition coefficient (Wildman–Crippen LogP) is 6.58. The first-order chi connectivity index (χ1) is 45.4. The second-order valence-corrected chi connectivity index (χ2v) is 31.4. The number of carbonyl (C=O) groups is 8. The molecule has 8 amide bonds. The van der Waals surface area contributed by atoms with Gasteiger partial charge in [0.05, 0.1) is 31.2 Å². The maximum atomic E-state index is 14.1. The second-order valence-electron chi connectivity index (χ2n) is 26.3. The molecule has 4 aliphatic heterocycles. The molecule has 28 nitrogen and oxygen atoms in total. The molecule has 4 aliphatic rings. The van der Waals surface area contributed by atoms with Crippen molar-refractivity contribution in [3.05, 3.63) is 109 Å². The molecule has 0 aliphatic carbocycles. The lowest BCUT2D eigenvalue weighted by molar-refractivity contribution is -0.160. The SMILES string of the molecule is CC(C)(C)OC(=O)[C@H](Cc1ccc(NC(=O)N2CCN(C(=O)OCCOCCCOC(=O)N3CCN(C(=O)Nc4ccc(C[C@H](NC(=O)[C@H]5N(S(=O)(=O)c6cccnc6)CSC5(C)C)C(=O)OC(C)(C)C)cc4)CC3)CC2)cc1)NC(=O)[C@H]1N(Oc2cccnc2)CSC1(C)C. The summed E-state index contributed by atoms with van der Waals surface area (Å²) in [6.45, 7) is 20.2. The number of benzene rings is 2. The number of pyridine rings is 2. The number of sulfonamides is 1. The molecule has 0 saturated carbocycles. The van der Waals surface area contributed by atoms with Gasteiger partial charge in [0.25, 0.3) is 0 Å². The number of urea groups is 2. The standard InChI is InChI=1S/C65H88N12O16S3/c1-62(2,3)91-56(80)50(70-54(78)52-64(7,8)94-42-76(52)93-48-14-11-24-66-40-48)38-44-16-20-46(21-17-44)69-59(83)73-28-32-75(33-29-73)61(85)90-37-36-88-34-13-35-89-60(84)74-30-26-72(27-31-74)58(82)68-47-22-18-45(19-23-47)39-51(57(81)92-63(4,5)6)71-55(79)53-65(9,10)95-43-77(53)96(86,87)49-15-12-25-67-41-49/h11-12,14-25,40-41,50-53H,13,26-39,42-43H2,1-10H3,(H,68,82)(H,69,83)(H,70,78)(H,71,79)/t50-,51-,52+,53+/m0/s1. The number of hydrogen-bond acceptors (Lipinski definition) is 21. The molecule has 8 rings (SSSR count). The average Bonchev–Trinajstić information content (AvgIpc) is 1.72. The van der Waals surface area contributed by atoms with Crippen molar-refractivity contribution in [3.63, 3.8) is 0 Å². The summed E-state index contributed by atoms with van der Waals surface area (Å²) in [7, 11) is -4.13. The number of nitrogens with zero attached hydrogens (tertiary/aromatic N) is 8. The van der Waals surface area contributed by atoms with E-state index < -0.39 is 90.8 Å². The number of amides is 8. The number of thioether (sulfide) groups is 2. The topological polar surface area (TPSA) is 319 Å². The van der Waals surface area contributed by atoms with Gasteiger partial charge in [-0.3, -0.25) is 19.6 Å². The number of rotatable bonds is 23. The van der Waals surface area contributed by atoms with Crippen molar-refractivity contribution in [2.75, 3.05) is 101 Å². The van der Waals surface area contributed by atoms with Gasteiger partial charge in [0, 0.05) is 118 Å². The van der Waals surface area contributed by atoms with Crippen LogP contribution >= 0.6 is 23.5 Å². The monoisotopic (exact) mass is 1390 g/mol. The van der Waals surface area contributed by atoms with E-state index in [1.165, 1.54) is 46.1 Å². The highest BCUT2D eigenvalue weighted by atomic mass is 32.2. The zero-order chi connectivity index (χ0) is 69.6. The average molecular weight is 1390 g/mol. The molecule has 6 heterocycles. The summed E-state index contributed by atoms with van der Waals surface area (Å²) in [5.74, 6) is -1.45. The van der Waals surface area contributed by atoms with E-state index in [2.05, 4.69) is 31.2 Å². The zero-order valence-corrected chi connectivity index (χ0v) is 58.4. The molecule has 0 bridgehead atoms.